The highest BCUT2D eigenvalue weighted by molar-refractivity contribution is 5.89. The quantitative estimate of drug-likeness (QED) is 0.0967. The summed E-state index contributed by atoms with van der Waals surface area (Å²) >= 11 is 0. The molecule has 5 nitrogen and oxygen atoms in total. The number of esters is 1. The van der Waals surface area contributed by atoms with Gasteiger partial charge in [-0.25, -0.2) is 4.79 Å². The molecule has 0 amide bonds. The van der Waals surface area contributed by atoms with Gasteiger partial charge in [0.05, 0.1) is 33.3 Å². The minimum Gasteiger partial charge on any atom is -1.00 e. The first-order valence-corrected chi connectivity index (χ1v) is 13.2. The number of hydrogen-bond donors (Lipinski definition) is 0. The van der Waals surface area contributed by atoms with E-state index in [1.54, 1.807) is 0 Å². The minimum absolute atomic E-state index is 0. The molecule has 0 fully saturated rings. The molecule has 4 aromatic rings. The number of quaternary nitrogens is 1. The molecule has 6 heteroatoms. The number of nitrogens with zero attached hydrogens (tertiary/aromatic N) is 2. The van der Waals surface area contributed by atoms with Crippen LogP contribution >= 0.6 is 0 Å². The Labute approximate surface area is 244 Å². The summed E-state index contributed by atoms with van der Waals surface area (Å²) in [7, 11) is 6.31. The lowest BCUT2D eigenvalue weighted by atomic mass is 10.1. The molecular formula is C32H39IN2O3. The van der Waals surface area contributed by atoms with Crippen LogP contribution in [-0.4, -0.2) is 38.3 Å². The minimum atomic E-state index is -0.235. The molecule has 1 aromatic heterocycles. The Morgan fingerprint density at radius 1 is 0.816 bits per heavy atom. The molecule has 202 valence electrons. The van der Waals surface area contributed by atoms with Crippen LogP contribution in [0.4, 0.5) is 5.69 Å². The van der Waals surface area contributed by atoms with Gasteiger partial charge in [-0.05, 0) is 66.9 Å². The van der Waals surface area contributed by atoms with Crippen molar-refractivity contribution in [3.8, 4) is 5.75 Å². The van der Waals surface area contributed by atoms with Crippen molar-refractivity contribution in [3.05, 3.63) is 96.2 Å². The van der Waals surface area contributed by atoms with Crippen molar-refractivity contribution in [2.75, 3.05) is 27.7 Å². The highest BCUT2D eigenvalue weighted by Crippen LogP contribution is 2.23. The highest BCUT2D eigenvalue weighted by atomic mass is 127. The Morgan fingerprint density at radius 2 is 1.53 bits per heavy atom. The van der Waals surface area contributed by atoms with Crippen LogP contribution in [0.5, 0.6) is 5.75 Å². The zero-order chi connectivity index (χ0) is 26.1. The molecule has 1 heterocycles. The smallest absolute Gasteiger partial charge is 0.338 e. The average Bonchev–Trinajstić information content (AvgIpc) is 3.31. The Bertz CT molecular complexity index is 1280. The number of benzene rings is 3. The predicted molar refractivity (Wildman–Crippen MR) is 152 cm³/mol. The van der Waals surface area contributed by atoms with Gasteiger partial charge in [0.1, 0.15) is 18.0 Å². The first kappa shape index (κ1) is 29.7. The third-order valence-corrected chi connectivity index (χ3v) is 6.64. The van der Waals surface area contributed by atoms with E-state index in [4.69, 9.17) is 9.47 Å². The second-order valence-electron chi connectivity index (χ2n) is 10.5. The molecule has 3 aromatic carbocycles. The fourth-order valence-corrected chi connectivity index (χ4v) is 4.41. The van der Waals surface area contributed by atoms with Crippen LogP contribution in [0.1, 0.15) is 48.0 Å². The van der Waals surface area contributed by atoms with Crippen LogP contribution in [0.15, 0.2) is 85.1 Å². The summed E-state index contributed by atoms with van der Waals surface area (Å²) in [6, 6.07) is 26.4. The Balaban J connectivity index is 0.00000400. The number of fused-ring (bicyclic) bond motifs is 1. The average molecular weight is 627 g/mol. The van der Waals surface area contributed by atoms with Crippen molar-refractivity contribution >= 4 is 22.6 Å². The molecule has 0 saturated carbocycles. The van der Waals surface area contributed by atoms with Gasteiger partial charge < -0.3 is 38.0 Å². The maximum absolute atomic E-state index is 12.3. The first-order chi connectivity index (χ1) is 17.9. The van der Waals surface area contributed by atoms with Gasteiger partial charge in [-0.1, -0.05) is 49.6 Å². The molecule has 0 N–H and O–H groups in total. The van der Waals surface area contributed by atoms with E-state index in [1.165, 1.54) is 22.9 Å². The molecule has 0 aliphatic carbocycles. The normalized spacial score (nSPS) is 11.2. The van der Waals surface area contributed by atoms with E-state index in [0.717, 1.165) is 48.1 Å². The molecular weight excluding hydrogens is 587 g/mol. The van der Waals surface area contributed by atoms with Gasteiger partial charge in [0.2, 0.25) is 0 Å². The molecule has 0 atom stereocenters. The third kappa shape index (κ3) is 8.60. The SMILES string of the molecule is C[N+](C)(C)c1ccc(C(=O)OCCCCCCCn2ccc3cc(OCc4ccccc4)ccc32)cc1.[I-]. The molecule has 0 unspecified atom stereocenters. The van der Waals surface area contributed by atoms with E-state index >= 15 is 0 Å². The summed E-state index contributed by atoms with van der Waals surface area (Å²) in [4.78, 5) is 12.3. The van der Waals surface area contributed by atoms with Crippen molar-refractivity contribution < 1.29 is 38.2 Å². The Kier molecular flexibility index (Phi) is 11.2. The van der Waals surface area contributed by atoms with E-state index in [9.17, 15) is 4.79 Å². The van der Waals surface area contributed by atoms with Crippen LogP contribution < -0.4 is 33.2 Å². The van der Waals surface area contributed by atoms with Crippen LogP contribution in [0.2, 0.25) is 0 Å². The zero-order valence-electron chi connectivity index (χ0n) is 22.7. The van der Waals surface area contributed by atoms with E-state index in [1.807, 2.05) is 42.5 Å². The molecule has 0 bridgehead atoms. The van der Waals surface area contributed by atoms with Crippen LogP contribution in [0.3, 0.4) is 0 Å². The molecule has 38 heavy (non-hydrogen) atoms. The van der Waals surface area contributed by atoms with Gasteiger partial charge in [-0.3, -0.25) is 4.48 Å². The van der Waals surface area contributed by atoms with Crippen LogP contribution in [-0.2, 0) is 17.9 Å². The van der Waals surface area contributed by atoms with Gasteiger partial charge in [0.15, 0.2) is 0 Å². The summed E-state index contributed by atoms with van der Waals surface area (Å²) in [5.41, 5.74) is 4.19. The van der Waals surface area contributed by atoms with Crippen molar-refractivity contribution in [2.24, 2.45) is 0 Å². The largest absolute Gasteiger partial charge is 1.00 e. The maximum Gasteiger partial charge on any atom is 0.338 e. The molecule has 0 aliphatic rings. The number of aromatic nitrogens is 1. The maximum atomic E-state index is 12.3. The monoisotopic (exact) mass is 626 g/mol. The molecule has 0 saturated heterocycles. The lowest BCUT2D eigenvalue weighted by Crippen LogP contribution is -3.00. The van der Waals surface area contributed by atoms with E-state index in [0.29, 0.717) is 18.8 Å². The number of hydrogen-bond acceptors (Lipinski definition) is 3. The zero-order valence-corrected chi connectivity index (χ0v) is 24.9. The van der Waals surface area contributed by atoms with E-state index < -0.39 is 0 Å². The number of rotatable bonds is 13. The van der Waals surface area contributed by atoms with Crippen molar-refractivity contribution in [2.45, 2.75) is 45.3 Å². The highest BCUT2D eigenvalue weighted by Gasteiger charge is 2.13. The van der Waals surface area contributed by atoms with Gasteiger partial charge >= 0.3 is 5.97 Å². The number of halogens is 1. The van der Waals surface area contributed by atoms with E-state index in [-0.39, 0.29) is 29.9 Å². The first-order valence-electron chi connectivity index (χ1n) is 13.2. The summed E-state index contributed by atoms with van der Waals surface area (Å²) in [6.45, 7) is 2.06. The van der Waals surface area contributed by atoms with E-state index in [2.05, 4.69) is 68.3 Å². The second kappa shape index (κ2) is 14.4. The standard InChI is InChI=1S/C32H39N2O3.HI/c1-34(2,3)29-16-14-27(15-17-29)32(35)36-23-11-6-4-5-10-21-33-22-20-28-24-30(18-19-31(28)33)37-25-26-12-8-7-9-13-26;/h7-9,12-20,22,24H,4-6,10-11,21,23,25H2,1-3H3;1H/q+1;/p-1. The van der Waals surface area contributed by atoms with Gasteiger partial charge in [0, 0.05) is 23.6 Å². The molecule has 0 radical (unpaired) electrons. The summed E-state index contributed by atoms with van der Waals surface area (Å²) in [6.07, 6.45) is 7.58. The van der Waals surface area contributed by atoms with Crippen LogP contribution in [0.25, 0.3) is 10.9 Å². The van der Waals surface area contributed by atoms with Crippen LogP contribution in [0, 0.1) is 0 Å². The fraction of sp³-hybridized carbons (Fsp3) is 0.344. The fourth-order valence-electron chi connectivity index (χ4n) is 4.41. The predicted octanol–water partition coefficient (Wildman–Crippen LogP) is 4.23. The number of carbonyl (C=O) groups excluding carboxylic acids is 1. The van der Waals surface area contributed by atoms with Gasteiger partial charge in [-0.15, -0.1) is 0 Å². The molecule has 0 aliphatic heterocycles. The topological polar surface area (TPSA) is 40.5 Å². The number of ether oxygens (including phenoxy) is 2. The lowest BCUT2D eigenvalue weighted by molar-refractivity contribution is -0.0000263. The van der Waals surface area contributed by atoms with Gasteiger partial charge in [-0.2, -0.15) is 0 Å². The lowest BCUT2D eigenvalue weighted by Gasteiger charge is -2.23. The summed E-state index contributed by atoms with van der Waals surface area (Å²) < 4.78 is 14.5. The molecule has 0 spiro atoms. The number of unbranched alkanes of at least 4 members (excludes halogenated alkanes) is 4. The third-order valence-electron chi connectivity index (χ3n) is 6.64. The van der Waals surface area contributed by atoms with Crippen molar-refractivity contribution in [3.63, 3.8) is 0 Å². The van der Waals surface area contributed by atoms with Gasteiger partial charge in [0.25, 0.3) is 0 Å². The summed E-state index contributed by atoms with van der Waals surface area (Å²) in [5.74, 6) is 0.664. The molecule has 4 rings (SSSR count). The second-order valence-corrected chi connectivity index (χ2v) is 10.5. The number of carbonyl (C=O) groups is 1. The van der Waals surface area contributed by atoms with Crippen molar-refractivity contribution in [1.29, 1.82) is 0 Å². The summed E-state index contributed by atoms with van der Waals surface area (Å²) in [5, 5.41) is 1.21. The van der Waals surface area contributed by atoms with Crippen molar-refractivity contribution in [1.82, 2.24) is 9.05 Å². The Hall–Kier alpha value is -2.84. The Morgan fingerprint density at radius 3 is 2.26 bits per heavy atom. The number of aryl methyl sites for hydroxylation is 1.